The minimum absolute atomic E-state index is 0.0468. The number of hydrogen-bond acceptors (Lipinski definition) is 10. The molecular weight excluding hydrogens is 426 g/mol. The van der Waals surface area contributed by atoms with Gasteiger partial charge >= 0.3 is 0 Å². The maximum atomic E-state index is 12.8. The molecule has 0 unspecified atom stereocenters. The molecule has 1 amide bonds. The Bertz CT molecular complexity index is 1070. The van der Waals surface area contributed by atoms with Crippen molar-refractivity contribution in [3.8, 4) is 11.6 Å². The van der Waals surface area contributed by atoms with E-state index in [1.165, 1.54) is 4.68 Å². The average molecular weight is 458 g/mol. The number of hydrogen-bond donors (Lipinski definition) is 2. The van der Waals surface area contributed by atoms with Crippen LogP contribution in [0.15, 0.2) is 27.9 Å². The number of nitrogens with one attached hydrogen (secondary N) is 1. The summed E-state index contributed by atoms with van der Waals surface area (Å²) in [5.74, 6) is 0.488. The molecule has 0 saturated heterocycles. The lowest BCUT2D eigenvalue weighted by molar-refractivity contribution is 0.0948. The third-order valence-corrected chi connectivity index (χ3v) is 4.74. The minimum atomic E-state index is -0.509. The molecule has 0 saturated carbocycles. The van der Waals surface area contributed by atoms with Crippen LogP contribution in [0.1, 0.15) is 55.0 Å². The fourth-order valence-electron chi connectivity index (χ4n) is 2.99. The van der Waals surface area contributed by atoms with Crippen molar-refractivity contribution >= 4 is 17.9 Å². The first-order chi connectivity index (χ1) is 16.0. The molecule has 0 fully saturated rings. The zero-order valence-corrected chi connectivity index (χ0v) is 19.9. The van der Waals surface area contributed by atoms with E-state index in [2.05, 4.69) is 40.7 Å². The molecule has 0 bridgehead atoms. The third kappa shape index (κ3) is 6.13. The molecule has 0 aliphatic heterocycles. The maximum absolute atomic E-state index is 12.8. The van der Waals surface area contributed by atoms with Gasteiger partial charge in [0.05, 0.1) is 19.0 Å². The predicted molar refractivity (Wildman–Crippen MR) is 124 cm³/mol. The van der Waals surface area contributed by atoms with Gasteiger partial charge in [0.2, 0.25) is 11.6 Å². The van der Waals surface area contributed by atoms with Crippen molar-refractivity contribution in [2.75, 3.05) is 25.9 Å². The summed E-state index contributed by atoms with van der Waals surface area (Å²) in [6.07, 6.45) is 1.54. The van der Waals surface area contributed by atoms with Gasteiger partial charge in [-0.3, -0.25) is 9.69 Å². The molecule has 0 aliphatic carbocycles. The number of carbonyl (C=O) groups excluding carboxylic acids is 1. The van der Waals surface area contributed by atoms with Gasteiger partial charge in [0.1, 0.15) is 5.75 Å². The van der Waals surface area contributed by atoms with E-state index in [0.717, 1.165) is 30.0 Å². The van der Waals surface area contributed by atoms with E-state index in [4.69, 9.17) is 10.5 Å². The topological polar surface area (TPSA) is 150 Å². The number of rotatable bonds is 9. The monoisotopic (exact) mass is 457 g/mol. The van der Waals surface area contributed by atoms with E-state index in [1.807, 2.05) is 52.8 Å². The number of anilines is 1. The highest BCUT2D eigenvalue weighted by molar-refractivity contribution is 5.94. The maximum Gasteiger partial charge on any atom is 0.293 e. The molecule has 0 atom stereocenters. The van der Waals surface area contributed by atoms with Gasteiger partial charge in [-0.25, -0.2) is 10.1 Å². The molecule has 2 heterocycles. The number of amides is 1. The lowest BCUT2D eigenvalue weighted by Gasteiger charge is -2.18. The van der Waals surface area contributed by atoms with Gasteiger partial charge in [-0.2, -0.15) is 9.78 Å². The van der Waals surface area contributed by atoms with Gasteiger partial charge in [-0.05, 0) is 59.7 Å². The molecular formula is C21H31N9O3. The second-order valence-corrected chi connectivity index (χ2v) is 6.66. The first-order valence-electron chi connectivity index (χ1n) is 10.7. The van der Waals surface area contributed by atoms with E-state index in [-0.39, 0.29) is 17.3 Å². The molecule has 12 nitrogen and oxygen atoms in total. The molecule has 0 aliphatic rings. The van der Waals surface area contributed by atoms with Gasteiger partial charge in [-0.1, -0.05) is 32.9 Å². The SMILES string of the molecule is CC.CCN(CC)Cc1c(C(=O)N/N=C/c2ccc(OC)c(C)c2)nnn1-c1nonc1N. The zero-order valence-electron chi connectivity index (χ0n) is 19.9. The van der Waals surface area contributed by atoms with Crippen molar-refractivity contribution in [2.24, 2.45) is 5.10 Å². The highest BCUT2D eigenvalue weighted by Crippen LogP contribution is 2.18. The molecule has 0 radical (unpaired) electrons. The molecule has 3 rings (SSSR count). The molecule has 12 heteroatoms. The van der Waals surface area contributed by atoms with Crippen LogP contribution in [0.5, 0.6) is 5.75 Å². The molecule has 3 N–H and O–H groups in total. The number of aromatic nitrogens is 5. The van der Waals surface area contributed by atoms with Crippen molar-refractivity contribution in [3.63, 3.8) is 0 Å². The second-order valence-electron chi connectivity index (χ2n) is 6.66. The summed E-state index contributed by atoms with van der Waals surface area (Å²) in [6, 6.07) is 5.57. The summed E-state index contributed by atoms with van der Waals surface area (Å²) >= 11 is 0. The van der Waals surface area contributed by atoms with Crippen LogP contribution in [0.3, 0.4) is 0 Å². The normalized spacial score (nSPS) is 10.9. The van der Waals surface area contributed by atoms with Crippen LogP contribution >= 0.6 is 0 Å². The Hall–Kier alpha value is -3.80. The lowest BCUT2D eigenvalue weighted by atomic mass is 10.1. The van der Waals surface area contributed by atoms with Crippen molar-refractivity contribution in [1.29, 1.82) is 0 Å². The second kappa shape index (κ2) is 12.3. The molecule has 1 aromatic carbocycles. The fourth-order valence-corrected chi connectivity index (χ4v) is 2.99. The Morgan fingerprint density at radius 3 is 2.61 bits per heavy atom. The number of ether oxygens (including phenoxy) is 1. The molecule has 2 aromatic heterocycles. The first-order valence-corrected chi connectivity index (χ1v) is 10.7. The van der Waals surface area contributed by atoms with Crippen molar-refractivity contribution in [3.05, 3.63) is 40.7 Å². The minimum Gasteiger partial charge on any atom is -0.496 e. The van der Waals surface area contributed by atoms with E-state index in [1.54, 1.807) is 13.3 Å². The van der Waals surface area contributed by atoms with E-state index < -0.39 is 5.91 Å². The largest absolute Gasteiger partial charge is 0.496 e. The quantitative estimate of drug-likeness (QED) is 0.364. The fraction of sp³-hybridized carbons (Fsp3) is 0.429. The number of methoxy groups -OCH3 is 1. The van der Waals surface area contributed by atoms with Crippen LogP contribution < -0.4 is 15.9 Å². The molecule has 0 spiro atoms. The van der Waals surface area contributed by atoms with Gasteiger partial charge in [0.25, 0.3) is 5.91 Å². The summed E-state index contributed by atoms with van der Waals surface area (Å²) in [6.45, 7) is 11.9. The number of aryl methyl sites for hydroxylation is 1. The van der Waals surface area contributed by atoms with Crippen LogP contribution in [0.2, 0.25) is 0 Å². The van der Waals surface area contributed by atoms with E-state index in [0.29, 0.717) is 12.2 Å². The van der Waals surface area contributed by atoms with Crippen LogP contribution in [0, 0.1) is 6.92 Å². The summed E-state index contributed by atoms with van der Waals surface area (Å²) in [4.78, 5) is 14.9. The van der Waals surface area contributed by atoms with Crippen LogP contribution in [0.4, 0.5) is 5.82 Å². The van der Waals surface area contributed by atoms with E-state index in [9.17, 15) is 4.79 Å². The number of nitrogens with zero attached hydrogens (tertiary/aromatic N) is 7. The highest BCUT2D eigenvalue weighted by atomic mass is 16.6. The molecule has 3 aromatic rings. The Morgan fingerprint density at radius 2 is 2.03 bits per heavy atom. The van der Waals surface area contributed by atoms with Crippen LogP contribution in [0.25, 0.3) is 5.82 Å². The standard InChI is InChI=1S/C19H25N9O3.C2H6/c1-5-27(6-2)11-14-16(22-26-28(14)18-17(20)24-31-25-18)19(29)23-21-10-13-7-8-15(30-4)12(3)9-13;1-2/h7-10H,5-6,11H2,1-4H3,(H2,20,24)(H,23,29);1-2H3/b21-10+;. The summed E-state index contributed by atoms with van der Waals surface area (Å²) in [7, 11) is 1.61. The summed E-state index contributed by atoms with van der Waals surface area (Å²) in [5, 5.41) is 19.4. The van der Waals surface area contributed by atoms with Gasteiger partial charge in [-0.15, -0.1) is 5.10 Å². The van der Waals surface area contributed by atoms with Gasteiger partial charge in [0, 0.05) is 6.54 Å². The smallest absolute Gasteiger partial charge is 0.293 e. The first kappa shape index (κ1) is 25.5. The number of nitrogens with two attached hydrogens (primary N) is 1. The number of carbonyl (C=O) groups is 1. The van der Waals surface area contributed by atoms with Gasteiger partial charge in [0.15, 0.2) is 5.69 Å². The number of nitrogen functional groups attached to an aromatic ring is 1. The van der Waals surface area contributed by atoms with Crippen LogP contribution in [-0.2, 0) is 6.54 Å². The Balaban J connectivity index is 0.00000187. The Labute approximate surface area is 192 Å². The lowest BCUT2D eigenvalue weighted by Crippen LogP contribution is -2.27. The van der Waals surface area contributed by atoms with Crippen molar-refractivity contribution in [1.82, 2.24) is 35.6 Å². The average Bonchev–Trinajstić information content (AvgIpc) is 3.44. The molecule has 33 heavy (non-hydrogen) atoms. The number of hydrazone groups is 1. The van der Waals surface area contributed by atoms with Gasteiger partial charge < -0.3 is 10.5 Å². The summed E-state index contributed by atoms with van der Waals surface area (Å²) < 4.78 is 11.3. The number of benzene rings is 1. The van der Waals surface area contributed by atoms with E-state index >= 15 is 0 Å². The Kier molecular flexibility index (Phi) is 9.48. The molecule has 178 valence electrons. The predicted octanol–water partition coefficient (Wildman–Crippen LogP) is 2.18. The van der Waals surface area contributed by atoms with Crippen molar-refractivity contribution < 1.29 is 14.2 Å². The third-order valence-electron chi connectivity index (χ3n) is 4.74. The summed E-state index contributed by atoms with van der Waals surface area (Å²) in [5.41, 5.74) is 10.7. The van der Waals surface area contributed by atoms with Crippen LogP contribution in [-0.4, -0.2) is 62.5 Å². The Morgan fingerprint density at radius 1 is 1.30 bits per heavy atom. The zero-order chi connectivity index (χ0) is 24.4. The van der Waals surface area contributed by atoms with Crippen molar-refractivity contribution in [2.45, 2.75) is 41.2 Å². The highest BCUT2D eigenvalue weighted by Gasteiger charge is 2.24.